The Morgan fingerprint density at radius 1 is 1.35 bits per heavy atom. The number of hydrogen-bond donors (Lipinski definition) is 1. The second-order valence-corrected chi connectivity index (χ2v) is 5.87. The number of hydrogen-bond acceptors (Lipinski definition) is 2. The van der Waals surface area contributed by atoms with Gasteiger partial charge in [0, 0.05) is 28.9 Å². The van der Waals surface area contributed by atoms with Crippen molar-refractivity contribution in [2.75, 3.05) is 6.54 Å². The third-order valence-corrected chi connectivity index (χ3v) is 4.03. The van der Waals surface area contributed by atoms with Crippen LogP contribution in [0.2, 0.25) is 5.02 Å². The number of aryl methyl sites for hydroxylation is 1. The molecule has 23 heavy (non-hydrogen) atoms. The molecule has 2 aromatic rings. The number of amides is 1. The highest BCUT2D eigenvalue weighted by Gasteiger charge is 2.11. The van der Waals surface area contributed by atoms with Crippen LogP contribution in [0.1, 0.15) is 35.9 Å². The van der Waals surface area contributed by atoms with E-state index in [2.05, 4.69) is 10.4 Å². The molecule has 1 N–H and O–H groups in total. The van der Waals surface area contributed by atoms with Crippen LogP contribution in [0, 0.1) is 13.8 Å². The number of nitrogens with zero attached hydrogens (tertiary/aromatic N) is 2. The van der Waals surface area contributed by atoms with Gasteiger partial charge in [-0.05, 0) is 38.0 Å². The highest BCUT2D eigenvalue weighted by Crippen LogP contribution is 2.20. The van der Waals surface area contributed by atoms with E-state index in [1.807, 2.05) is 55.8 Å². The second-order valence-electron chi connectivity index (χ2n) is 5.46. The van der Waals surface area contributed by atoms with Crippen molar-refractivity contribution in [1.29, 1.82) is 0 Å². The fraction of sp³-hybridized carbons (Fsp3) is 0.333. The molecule has 0 bridgehead atoms. The molecule has 0 radical (unpaired) electrons. The molecule has 0 saturated heterocycles. The molecule has 2 rings (SSSR count). The van der Waals surface area contributed by atoms with Crippen molar-refractivity contribution < 1.29 is 4.79 Å². The van der Waals surface area contributed by atoms with Crippen molar-refractivity contribution in [3.05, 3.63) is 57.9 Å². The Morgan fingerprint density at radius 2 is 2.09 bits per heavy atom. The van der Waals surface area contributed by atoms with E-state index < -0.39 is 0 Å². The van der Waals surface area contributed by atoms with Crippen molar-refractivity contribution in [3.8, 4) is 0 Å². The number of benzene rings is 1. The topological polar surface area (TPSA) is 46.9 Å². The van der Waals surface area contributed by atoms with Crippen LogP contribution < -0.4 is 5.32 Å². The smallest absolute Gasteiger partial charge is 0.244 e. The molecular formula is C18H22ClN3O. The van der Waals surface area contributed by atoms with Crippen LogP contribution in [0.4, 0.5) is 0 Å². The first kappa shape index (κ1) is 17.3. The van der Waals surface area contributed by atoms with Crippen LogP contribution in [0.15, 0.2) is 30.3 Å². The summed E-state index contributed by atoms with van der Waals surface area (Å²) >= 11 is 6.22. The van der Waals surface area contributed by atoms with Gasteiger partial charge in [-0.15, -0.1) is 0 Å². The molecule has 0 fully saturated rings. The Balaban J connectivity index is 2.18. The van der Waals surface area contributed by atoms with E-state index in [4.69, 9.17) is 11.6 Å². The van der Waals surface area contributed by atoms with Gasteiger partial charge in [-0.25, -0.2) is 0 Å². The molecule has 0 atom stereocenters. The van der Waals surface area contributed by atoms with E-state index in [1.54, 1.807) is 6.08 Å². The number of carbonyl (C=O) groups is 1. The second kappa shape index (κ2) is 7.97. The third-order valence-electron chi connectivity index (χ3n) is 3.67. The molecule has 0 unspecified atom stereocenters. The van der Waals surface area contributed by atoms with Crippen LogP contribution in [-0.4, -0.2) is 22.2 Å². The highest BCUT2D eigenvalue weighted by atomic mass is 35.5. The summed E-state index contributed by atoms with van der Waals surface area (Å²) in [6, 6.07) is 7.75. The van der Waals surface area contributed by atoms with Crippen molar-refractivity contribution in [3.63, 3.8) is 0 Å². The lowest BCUT2D eigenvalue weighted by Gasteiger charge is -2.06. The molecule has 0 saturated carbocycles. The lowest BCUT2D eigenvalue weighted by atomic mass is 10.1. The van der Waals surface area contributed by atoms with E-state index in [1.165, 1.54) is 0 Å². The standard InChI is InChI=1S/C18H22ClN3O/c1-4-11-20-18(23)10-9-16-13(2)21-22(14(16)3)12-15-7-5-6-8-17(15)19/h5-10H,4,11-12H2,1-3H3,(H,20,23). The molecule has 0 aliphatic rings. The third kappa shape index (κ3) is 4.45. The van der Waals surface area contributed by atoms with Crippen LogP contribution in [0.5, 0.6) is 0 Å². The predicted molar refractivity (Wildman–Crippen MR) is 94.6 cm³/mol. The van der Waals surface area contributed by atoms with Gasteiger partial charge in [0.05, 0.1) is 12.2 Å². The Hall–Kier alpha value is -2.07. The maximum Gasteiger partial charge on any atom is 0.244 e. The molecule has 122 valence electrons. The number of nitrogens with one attached hydrogen (secondary N) is 1. The Morgan fingerprint density at radius 3 is 2.78 bits per heavy atom. The fourth-order valence-electron chi connectivity index (χ4n) is 2.36. The van der Waals surface area contributed by atoms with E-state index >= 15 is 0 Å². The molecule has 1 aromatic carbocycles. The Kier molecular flexibility index (Phi) is 5.99. The summed E-state index contributed by atoms with van der Waals surface area (Å²) in [5.74, 6) is -0.0792. The van der Waals surface area contributed by atoms with Crippen LogP contribution in [0.3, 0.4) is 0 Å². The summed E-state index contributed by atoms with van der Waals surface area (Å²) in [6.45, 7) is 7.27. The molecule has 5 heteroatoms. The monoisotopic (exact) mass is 331 g/mol. The van der Waals surface area contributed by atoms with Crippen molar-refractivity contribution in [2.45, 2.75) is 33.7 Å². The zero-order valence-electron chi connectivity index (χ0n) is 13.8. The van der Waals surface area contributed by atoms with Crippen molar-refractivity contribution in [2.24, 2.45) is 0 Å². The van der Waals surface area contributed by atoms with Gasteiger partial charge in [0.2, 0.25) is 5.91 Å². The largest absolute Gasteiger partial charge is 0.353 e. The number of carbonyl (C=O) groups excluding carboxylic acids is 1. The van der Waals surface area contributed by atoms with Crippen LogP contribution in [-0.2, 0) is 11.3 Å². The summed E-state index contributed by atoms with van der Waals surface area (Å²) in [6.07, 6.45) is 4.31. The molecular weight excluding hydrogens is 310 g/mol. The quantitative estimate of drug-likeness (QED) is 0.820. The average molecular weight is 332 g/mol. The predicted octanol–water partition coefficient (Wildman–Crippen LogP) is 3.74. The minimum Gasteiger partial charge on any atom is -0.353 e. The summed E-state index contributed by atoms with van der Waals surface area (Å²) < 4.78 is 1.92. The van der Waals surface area contributed by atoms with Gasteiger partial charge in [-0.1, -0.05) is 36.7 Å². The summed E-state index contributed by atoms with van der Waals surface area (Å²) in [5, 5.41) is 8.12. The van der Waals surface area contributed by atoms with E-state index in [0.29, 0.717) is 13.1 Å². The summed E-state index contributed by atoms with van der Waals surface area (Å²) in [5.41, 5.74) is 3.91. The molecule has 1 aromatic heterocycles. The lowest BCUT2D eigenvalue weighted by molar-refractivity contribution is -0.116. The molecule has 1 heterocycles. The average Bonchev–Trinajstić information content (AvgIpc) is 2.79. The lowest BCUT2D eigenvalue weighted by Crippen LogP contribution is -2.21. The van der Waals surface area contributed by atoms with Gasteiger partial charge < -0.3 is 5.32 Å². The highest BCUT2D eigenvalue weighted by molar-refractivity contribution is 6.31. The fourth-order valence-corrected chi connectivity index (χ4v) is 2.56. The van der Waals surface area contributed by atoms with E-state index in [-0.39, 0.29) is 5.91 Å². The van der Waals surface area contributed by atoms with E-state index in [9.17, 15) is 4.79 Å². The maximum atomic E-state index is 11.7. The zero-order valence-corrected chi connectivity index (χ0v) is 14.5. The molecule has 0 aliphatic carbocycles. The van der Waals surface area contributed by atoms with Gasteiger partial charge in [-0.3, -0.25) is 9.48 Å². The Bertz CT molecular complexity index is 719. The normalized spacial score (nSPS) is 11.1. The first-order valence-corrected chi connectivity index (χ1v) is 8.14. The molecule has 4 nitrogen and oxygen atoms in total. The molecule has 0 spiro atoms. The van der Waals surface area contributed by atoms with Gasteiger partial charge >= 0.3 is 0 Å². The van der Waals surface area contributed by atoms with Crippen molar-refractivity contribution >= 4 is 23.6 Å². The van der Waals surface area contributed by atoms with E-state index in [0.717, 1.165) is 34.0 Å². The summed E-state index contributed by atoms with van der Waals surface area (Å²) in [4.78, 5) is 11.7. The molecule has 0 aliphatic heterocycles. The Labute approximate surface area is 142 Å². The van der Waals surface area contributed by atoms with Gasteiger partial charge in [0.1, 0.15) is 0 Å². The SMILES string of the molecule is CCCNC(=O)C=Cc1c(C)nn(Cc2ccccc2Cl)c1C. The van der Waals surface area contributed by atoms with Crippen molar-refractivity contribution in [1.82, 2.24) is 15.1 Å². The first-order valence-electron chi connectivity index (χ1n) is 7.76. The zero-order chi connectivity index (χ0) is 16.8. The van der Waals surface area contributed by atoms with Gasteiger partial charge in [-0.2, -0.15) is 5.10 Å². The number of halogens is 1. The minimum atomic E-state index is -0.0792. The summed E-state index contributed by atoms with van der Waals surface area (Å²) in [7, 11) is 0. The minimum absolute atomic E-state index is 0.0792. The first-order chi connectivity index (χ1) is 11.0. The molecule has 1 amide bonds. The number of aromatic nitrogens is 2. The van der Waals surface area contributed by atoms with Crippen LogP contribution in [0.25, 0.3) is 6.08 Å². The number of rotatable bonds is 6. The van der Waals surface area contributed by atoms with Crippen LogP contribution >= 0.6 is 11.6 Å². The van der Waals surface area contributed by atoms with Gasteiger partial charge in [0.15, 0.2) is 0 Å². The van der Waals surface area contributed by atoms with Gasteiger partial charge in [0.25, 0.3) is 0 Å². The maximum absolute atomic E-state index is 11.7.